The van der Waals surface area contributed by atoms with Gasteiger partial charge < -0.3 is 4.74 Å². The first-order valence-corrected chi connectivity index (χ1v) is 9.77. The molecule has 0 unspecified atom stereocenters. The van der Waals surface area contributed by atoms with E-state index in [2.05, 4.69) is 24.3 Å². The molecule has 122 valence electrons. The van der Waals surface area contributed by atoms with Crippen molar-refractivity contribution < 1.29 is 13.2 Å². The quantitative estimate of drug-likeness (QED) is 0.855. The minimum absolute atomic E-state index is 0.327. The summed E-state index contributed by atoms with van der Waals surface area (Å²) in [4.78, 5) is 0. The summed E-state index contributed by atoms with van der Waals surface area (Å²) in [6.07, 6.45) is 4.57. The van der Waals surface area contributed by atoms with Gasteiger partial charge in [0.25, 0.3) is 0 Å². The molecule has 5 heteroatoms. The van der Waals surface area contributed by atoms with E-state index >= 15 is 0 Å². The number of nitrogens with zero attached hydrogens (tertiary/aromatic N) is 1. The number of benzene rings is 1. The van der Waals surface area contributed by atoms with Crippen LogP contribution in [0.5, 0.6) is 0 Å². The molecule has 1 aromatic rings. The van der Waals surface area contributed by atoms with Crippen LogP contribution in [0.25, 0.3) is 0 Å². The van der Waals surface area contributed by atoms with Gasteiger partial charge in [-0.15, -0.1) is 0 Å². The Morgan fingerprint density at radius 2 is 1.82 bits per heavy atom. The lowest BCUT2D eigenvalue weighted by Crippen LogP contribution is -2.46. The molecule has 0 aliphatic carbocycles. The zero-order valence-corrected chi connectivity index (χ0v) is 13.8. The molecule has 1 atom stereocenters. The number of hydrogen-bond donors (Lipinski definition) is 0. The molecule has 2 saturated heterocycles. The number of hydrogen-bond acceptors (Lipinski definition) is 3. The van der Waals surface area contributed by atoms with Crippen LogP contribution in [0.4, 0.5) is 0 Å². The van der Waals surface area contributed by atoms with E-state index in [0.29, 0.717) is 32.2 Å². The van der Waals surface area contributed by atoms with E-state index in [1.54, 1.807) is 4.31 Å². The van der Waals surface area contributed by atoms with Crippen LogP contribution in [0.1, 0.15) is 31.2 Å². The van der Waals surface area contributed by atoms with Crippen molar-refractivity contribution in [3.8, 4) is 0 Å². The standard InChI is InChI=1S/C17H25NO3S/c19-22(20,17-7-4-12-21-14-17)18-10-8-16(9-11-18)13-15-5-2-1-3-6-15/h1-3,5-6,16-17H,4,7-14H2/t17-/m1/s1. The van der Waals surface area contributed by atoms with E-state index in [9.17, 15) is 8.42 Å². The average Bonchev–Trinajstić information content (AvgIpc) is 2.57. The Hall–Kier alpha value is -0.910. The number of sulfonamides is 1. The van der Waals surface area contributed by atoms with Crippen LogP contribution in [0.15, 0.2) is 30.3 Å². The third-order valence-electron chi connectivity index (χ3n) is 4.84. The maximum atomic E-state index is 12.7. The van der Waals surface area contributed by atoms with E-state index in [1.807, 2.05) is 6.07 Å². The summed E-state index contributed by atoms with van der Waals surface area (Å²) < 4.78 is 32.4. The molecule has 22 heavy (non-hydrogen) atoms. The van der Waals surface area contributed by atoms with Gasteiger partial charge in [-0.1, -0.05) is 30.3 Å². The first-order chi connectivity index (χ1) is 10.7. The van der Waals surface area contributed by atoms with Gasteiger partial charge in [-0.05, 0) is 43.6 Å². The monoisotopic (exact) mass is 323 g/mol. The molecule has 0 spiro atoms. The van der Waals surface area contributed by atoms with Crippen molar-refractivity contribution in [1.29, 1.82) is 0 Å². The SMILES string of the molecule is O=S(=O)([C@@H]1CCCOC1)N1CCC(Cc2ccccc2)CC1. The minimum Gasteiger partial charge on any atom is -0.380 e. The second-order valence-corrected chi connectivity index (χ2v) is 8.63. The predicted octanol–water partition coefficient (Wildman–Crippen LogP) is 2.45. The third kappa shape index (κ3) is 3.70. The highest BCUT2D eigenvalue weighted by molar-refractivity contribution is 7.89. The topological polar surface area (TPSA) is 46.6 Å². The van der Waals surface area contributed by atoms with Gasteiger partial charge in [0, 0.05) is 19.7 Å². The summed E-state index contributed by atoms with van der Waals surface area (Å²) in [6, 6.07) is 10.5. The van der Waals surface area contributed by atoms with Crippen LogP contribution in [-0.4, -0.2) is 44.3 Å². The van der Waals surface area contributed by atoms with Gasteiger partial charge in [0.2, 0.25) is 10.0 Å². The van der Waals surface area contributed by atoms with Crippen molar-refractivity contribution in [3.63, 3.8) is 0 Å². The maximum absolute atomic E-state index is 12.7. The Morgan fingerprint density at radius 1 is 1.09 bits per heavy atom. The van der Waals surface area contributed by atoms with E-state index in [1.165, 1.54) is 5.56 Å². The molecule has 2 heterocycles. The first kappa shape index (κ1) is 16.0. The van der Waals surface area contributed by atoms with Gasteiger partial charge >= 0.3 is 0 Å². The van der Waals surface area contributed by atoms with E-state index in [0.717, 1.165) is 32.1 Å². The highest BCUT2D eigenvalue weighted by Crippen LogP contribution is 2.26. The Kier molecular flexibility index (Phi) is 5.16. The van der Waals surface area contributed by atoms with Crippen LogP contribution in [-0.2, 0) is 21.2 Å². The Labute approximate surface area is 133 Å². The Bertz CT molecular complexity index is 559. The lowest BCUT2D eigenvalue weighted by molar-refractivity contribution is 0.0968. The fourth-order valence-corrected chi connectivity index (χ4v) is 5.35. The average molecular weight is 323 g/mol. The van der Waals surface area contributed by atoms with Crippen LogP contribution >= 0.6 is 0 Å². The lowest BCUT2D eigenvalue weighted by atomic mass is 9.91. The summed E-state index contributed by atoms with van der Waals surface area (Å²) in [7, 11) is -3.17. The number of ether oxygens (including phenoxy) is 1. The molecular weight excluding hydrogens is 298 g/mol. The first-order valence-electron chi connectivity index (χ1n) is 8.27. The van der Waals surface area contributed by atoms with Crippen LogP contribution in [0, 0.1) is 5.92 Å². The molecule has 0 bridgehead atoms. The zero-order valence-electron chi connectivity index (χ0n) is 13.0. The molecule has 0 saturated carbocycles. The predicted molar refractivity (Wildman–Crippen MR) is 87.2 cm³/mol. The van der Waals surface area contributed by atoms with Crippen molar-refractivity contribution in [2.45, 2.75) is 37.4 Å². The highest BCUT2D eigenvalue weighted by atomic mass is 32.2. The van der Waals surface area contributed by atoms with E-state index in [4.69, 9.17) is 4.74 Å². The molecule has 0 N–H and O–H groups in total. The number of piperidine rings is 1. The third-order valence-corrected chi connectivity index (χ3v) is 7.14. The van der Waals surface area contributed by atoms with Gasteiger partial charge in [0.15, 0.2) is 0 Å². The smallest absolute Gasteiger partial charge is 0.219 e. The number of rotatable bonds is 4. The van der Waals surface area contributed by atoms with Gasteiger partial charge in [-0.2, -0.15) is 0 Å². The molecule has 3 rings (SSSR count). The van der Waals surface area contributed by atoms with Gasteiger partial charge in [-0.3, -0.25) is 0 Å². The van der Waals surface area contributed by atoms with E-state index < -0.39 is 10.0 Å². The Balaban J connectivity index is 1.54. The molecule has 0 amide bonds. The summed E-state index contributed by atoms with van der Waals surface area (Å²) in [5.74, 6) is 0.594. The van der Waals surface area contributed by atoms with Crippen molar-refractivity contribution in [3.05, 3.63) is 35.9 Å². The summed E-state index contributed by atoms with van der Waals surface area (Å²) >= 11 is 0. The Morgan fingerprint density at radius 3 is 2.45 bits per heavy atom. The van der Waals surface area contributed by atoms with E-state index in [-0.39, 0.29) is 5.25 Å². The summed E-state index contributed by atoms with van der Waals surface area (Å²) in [6.45, 7) is 2.39. The molecule has 4 nitrogen and oxygen atoms in total. The van der Waals surface area contributed by atoms with Gasteiger partial charge in [-0.25, -0.2) is 12.7 Å². The summed E-state index contributed by atoms with van der Waals surface area (Å²) in [5, 5.41) is -0.327. The lowest BCUT2D eigenvalue weighted by Gasteiger charge is -2.34. The molecule has 2 aliphatic rings. The maximum Gasteiger partial charge on any atom is 0.219 e. The fourth-order valence-electron chi connectivity index (χ4n) is 3.47. The normalized spacial score (nSPS) is 25.2. The molecule has 1 aromatic carbocycles. The minimum atomic E-state index is -3.17. The largest absolute Gasteiger partial charge is 0.380 e. The van der Waals surface area contributed by atoms with Crippen molar-refractivity contribution in [2.24, 2.45) is 5.92 Å². The van der Waals surface area contributed by atoms with Gasteiger partial charge in [0.1, 0.15) is 0 Å². The van der Waals surface area contributed by atoms with Crippen LogP contribution < -0.4 is 0 Å². The highest BCUT2D eigenvalue weighted by Gasteiger charge is 2.35. The van der Waals surface area contributed by atoms with Gasteiger partial charge in [0.05, 0.1) is 11.9 Å². The molecular formula is C17H25NO3S. The second-order valence-electron chi connectivity index (χ2n) is 6.42. The van der Waals surface area contributed by atoms with Crippen molar-refractivity contribution >= 4 is 10.0 Å². The molecule has 0 aromatic heterocycles. The zero-order chi connectivity index (χ0) is 15.4. The fraction of sp³-hybridized carbons (Fsp3) is 0.647. The molecule has 2 aliphatic heterocycles. The second kappa shape index (κ2) is 7.11. The molecule has 2 fully saturated rings. The van der Waals surface area contributed by atoms with Crippen LogP contribution in [0.2, 0.25) is 0 Å². The molecule has 0 radical (unpaired) electrons. The van der Waals surface area contributed by atoms with Crippen molar-refractivity contribution in [1.82, 2.24) is 4.31 Å². The van der Waals surface area contributed by atoms with Crippen LogP contribution in [0.3, 0.4) is 0 Å². The van der Waals surface area contributed by atoms with Crippen molar-refractivity contribution in [2.75, 3.05) is 26.3 Å². The summed E-state index contributed by atoms with van der Waals surface area (Å²) in [5.41, 5.74) is 1.35.